The van der Waals surface area contributed by atoms with E-state index in [1.54, 1.807) is 0 Å². The third kappa shape index (κ3) is 14.4. The van der Waals surface area contributed by atoms with Crippen LogP contribution in [-0.2, 0) is 0 Å². The van der Waals surface area contributed by atoms with Gasteiger partial charge in [0.25, 0.3) is 0 Å². The van der Waals surface area contributed by atoms with Crippen LogP contribution in [-0.4, -0.2) is 12.8 Å². The molecule has 0 saturated carbocycles. The van der Waals surface area contributed by atoms with Crippen LogP contribution in [0.5, 0.6) is 0 Å². The number of hydrogen-bond donors (Lipinski definition) is 0. The molecule has 0 aromatic rings. The Kier molecular flexibility index (Phi) is 14.8. The van der Waals surface area contributed by atoms with Gasteiger partial charge in [0.2, 0.25) is 0 Å². The van der Waals surface area contributed by atoms with Crippen molar-refractivity contribution in [3.05, 3.63) is 0 Å². The van der Waals surface area contributed by atoms with Gasteiger partial charge in [-0.1, -0.05) is 71.1 Å². The summed E-state index contributed by atoms with van der Waals surface area (Å²) in [4.78, 5) is 0. The molecule has 1 heteroatoms. The van der Waals surface area contributed by atoms with Gasteiger partial charge in [0.05, 0.1) is 0 Å². The molecule has 1 atom stereocenters. The Morgan fingerprint density at radius 1 is 0.600 bits per heavy atom. The first-order valence-corrected chi connectivity index (χ1v) is 8.77. The fraction of sp³-hybridized carbons (Fsp3) is 1.00. The highest BCUT2D eigenvalue weighted by Gasteiger charge is 1.92. The maximum absolute atomic E-state index is 2.32. The second kappa shape index (κ2) is 14.4. The van der Waals surface area contributed by atoms with E-state index in [4.69, 9.17) is 0 Å². The zero-order valence-electron chi connectivity index (χ0n) is 11.0. The van der Waals surface area contributed by atoms with E-state index in [0.29, 0.717) is 0 Å². The summed E-state index contributed by atoms with van der Waals surface area (Å²) in [5.41, 5.74) is 0. The predicted molar refractivity (Wildman–Crippen MR) is 75.6 cm³/mol. The van der Waals surface area contributed by atoms with Gasteiger partial charge >= 0.3 is 0 Å². The summed E-state index contributed by atoms with van der Waals surface area (Å²) < 4.78 is 0. The number of hydrogen-bond acceptors (Lipinski definition) is 0. The molecule has 92 valence electrons. The molecule has 0 amide bonds. The third-order valence-corrected chi connectivity index (χ3v) is 3.88. The lowest BCUT2D eigenvalue weighted by Crippen LogP contribution is -1.82. The largest absolute Gasteiger partial charge is 0.125 e. The lowest BCUT2D eigenvalue weighted by atomic mass is 10.1. The lowest BCUT2D eigenvalue weighted by Gasteiger charge is -2.01. The Bertz CT molecular complexity index is 89.5. The molecule has 15 heavy (non-hydrogen) atoms. The third-order valence-electron chi connectivity index (χ3n) is 3.03. The molecular formula is C14H31P. The molecule has 0 nitrogen and oxygen atoms in total. The molecule has 0 aliphatic rings. The Morgan fingerprint density at radius 3 is 1.40 bits per heavy atom. The van der Waals surface area contributed by atoms with Gasteiger partial charge in [-0.2, -0.15) is 0 Å². The molecule has 0 aromatic carbocycles. The van der Waals surface area contributed by atoms with Gasteiger partial charge in [0, 0.05) is 0 Å². The van der Waals surface area contributed by atoms with E-state index in [2.05, 4.69) is 13.6 Å². The van der Waals surface area contributed by atoms with Crippen molar-refractivity contribution in [1.82, 2.24) is 0 Å². The minimum atomic E-state index is 1.17. The SMILES string of the molecule is CCCCCCCCCCCCCPC. The van der Waals surface area contributed by atoms with Crippen LogP contribution in [0.4, 0.5) is 0 Å². The minimum Gasteiger partial charge on any atom is -0.125 e. The van der Waals surface area contributed by atoms with Crippen molar-refractivity contribution >= 4 is 8.58 Å². The monoisotopic (exact) mass is 230 g/mol. The van der Waals surface area contributed by atoms with Crippen LogP contribution in [0.3, 0.4) is 0 Å². The van der Waals surface area contributed by atoms with Crippen molar-refractivity contribution in [2.45, 2.75) is 77.6 Å². The summed E-state index contributed by atoms with van der Waals surface area (Å²) in [6.45, 7) is 4.60. The second-order valence-corrected chi connectivity index (χ2v) is 5.85. The maximum atomic E-state index is 2.32. The van der Waals surface area contributed by atoms with E-state index in [9.17, 15) is 0 Å². The zero-order valence-corrected chi connectivity index (χ0v) is 12.0. The minimum absolute atomic E-state index is 1.17. The number of unbranched alkanes of at least 4 members (excludes halogenated alkanes) is 10. The van der Waals surface area contributed by atoms with Crippen LogP contribution in [0.25, 0.3) is 0 Å². The van der Waals surface area contributed by atoms with E-state index in [1.807, 2.05) is 0 Å². The maximum Gasteiger partial charge on any atom is -0.0356 e. The van der Waals surface area contributed by atoms with Gasteiger partial charge in [0.15, 0.2) is 0 Å². The van der Waals surface area contributed by atoms with Crippen molar-refractivity contribution < 1.29 is 0 Å². The van der Waals surface area contributed by atoms with Gasteiger partial charge in [-0.05, 0) is 19.2 Å². The van der Waals surface area contributed by atoms with Crippen molar-refractivity contribution in [3.63, 3.8) is 0 Å². The van der Waals surface area contributed by atoms with Crippen LogP contribution in [0.2, 0.25) is 0 Å². The summed E-state index contributed by atoms with van der Waals surface area (Å²) in [6, 6.07) is 0. The Morgan fingerprint density at radius 2 is 1.00 bits per heavy atom. The van der Waals surface area contributed by atoms with E-state index >= 15 is 0 Å². The molecule has 1 unspecified atom stereocenters. The van der Waals surface area contributed by atoms with E-state index in [0.717, 1.165) is 0 Å². The summed E-state index contributed by atoms with van der Waals surface area (Å²) in [5, 5.41) is 0. The van der Waals surface area contributed by atoms with Crippen molar-refractivity contribution in [1.29, 1.82) is 0 Å². The van der Waals surface area contributed by atoms with Gasteiger partial charge < -0.3 is 0 Å². The number of rotatable bonds is 12. The molecule has 0 aliphatic heterocycles. The molecule has 0 rings (SSSR count). The van der Waals surface area contributed by atoms with Crippen LogP contribution in [0.15, 0.2) is 0 Å². The Labute approximate surface area is 99.4 Å². The first kappa shape index (κ1) is 15.4. The van der Waals surface area contributed by atoms with E-state index < -0.39 is 0 Å². The van der Waals surface area contributed by atoms with E-state index in [-0.39, 0.29) is 0 Å². The van der Waals surface area contributed by atoms with Crippen LogP contribution >= 0.6 is 8.58 Å². The fourth-order valence-electron chi connectivity index (χ4n) is 1.97. The molecule has 0 fully saturated rings. The van der Waals surface area contributed by atoms with Crippen LogP contribution < -0.4 is 0 Å². The smallest absolute Gasteiger partial charge is 0.0356 e. The highest BCUT2D eigenvalue weighted by molar-refractivity contribution is 7.36. The van der Waals surface area contributed by atoms with Gasteiger partial charge in [-0.25, -0.2) is 0 Å². The second-order valence-electron chi connectivity index (χ2n) is 4.64. The first-order chi connectivity index (χ1) is 7.41. The summed E-state index contributed by atoms with van der Waals surface area (Å²) >= 11 is 0. The molecule has 0 bridgehead atoms. The topological polar surface area (TPSA) is 0 Å². The Hall–Kier alpha value is 0.430. The summed E-state index contributed by atoms with van der Waals surface area (Å²) in [7, 11) is 1.17. The van der Waals surface area contributed by atoms with Crippen molar-refractivity contribution in [2.75, 3.05) is 12.8 Å². The zero-order chi connectivity index (χ0) is 11.2. The Balaban J connectivity index is 2.81. The lowest BCUT2D eigenvalue weighted by molar-refractivity contribution is 0.555. The molecule has 0 aromatic heterocycles. The van der Waals surface area contributed by atoms with Crippen LogP contribution in [0.1, 0.15) is 77.6 Å². The fourth-order valence-corrected chi connectivity index (χ4v) is 2.57. The molecule has 0 N–H and O–H groups in total. The van der Waals surface area contributed by atoms with Gasteiger partial charge in [-0.3, -0.25) is 0 Å². The van der Waals surface area contributed by atoms with Crippen LogP contribution in [0, 0.1) is 0 Å². The molecule has 0 aliphatic carbocycles. The predicted octanol–water partition coefficient (Wildman–Crippen LogP) is 5.61. The summed E-state index contributed by atoms with van der Waals surface area (Å²) in [5.74, 6) is 0. The van der Waals surface area contributed by atoms with Crippen molar-refractivity contribution in [3.8, 4) is 0 Å². The molecule has 0 saturated heterocycles. The first-order valence-electron chi connectivity index (χ1n) is 7.06. The molecule has 0 radical (unpaired) electrons. The average Bonchev–Trinajstić information content (AvgIpc) is 2.26. The van der Waals surface area contributed by atoms with Gasteiger partial charge in [-0.15, -0.1) is 8.58 Å². The van der Waals surface area contributed by atoms with E-state index in [1.165, 1.54) is 85.4 Å². The quantitative estimate of drug-likeness (QED) is 0.302. The average molecular weight is 230 g/mol. The molecular weight excluding hydrogens is 199 g/mol. The molecule has 0 heterocycles. The standard InChI is InChI=1S/C14H31P/c1-3-4-5-6-7-8-9-10-11-12-13-14-15-2/h15H,3-14H2,1-2H3. The normalized spacial score (nSPS) is 11.6. The van der Waals surface area contributed by atoms with Crippen molar-refractivity contribution in [2.24, 2.45) is 0 Å². The summed E-state index contributed by atoms with van der Waals surface area (Å²) in [6.07, 6.45) is 17.6. The van der Waals surface area contributed by atoms with Gasteiger partial charge in [0.1, 0.15) is 0 Å². The molecule has 0 spiro atoms. The highest BCUT2D eigenvalue weighted by Crippen LogP contribution is 2.13. The highest BCUT2D eigenvalue weighted by atomic mass is 31.1.